The van der Waals surface area contributed by atoms with Crippen molar-refractivity contribution < 1.29 is 27.2 Å². The molecule has 0 radical (unpaired) electrons. The number of carbonyl (C=O) groups is 2. The van der Waals surface area contributed by atoms with Crippen LogP contribution in [0.1, 0.15) is 12.2 Å². The summed E-state index contributed by atoms with van der Waals surface area (Å²) in [4.78, 5) is 22.6. The number of sulfonamides is 1. The van der Waals surface area contributed by atoms with Crippen LogP contribution in [-0.4, -0.2) is 27.4 Å². The van der Waals surface area contributed by atoms with Crippen LogP contribution in [0.2, 0.25) is 0 Å². The summed E-state index contributed by atoms with van der Waals surface area (Å²) < 4.78 is 36.1. The minimum absolute atomic E-state index is 0.0347. The summed E-state index contributed by atoms with van der Waals surface area (Å²) in [5.74, 6) is -0.715. The van der Waals surface area contributed by atoms with Crippen LogP contribution in [0.15, 0.2) is 52.0 Å². The average Bonchev–Trinajstić information content (AvgIpc) is 3.07. The van der Waals surface area contributed by atoms with E-state index >= 15 is 0 Å². The lowest BCUT2D eigenvalue weighted by Gasteiger charge is -2.08. The van der Waals surface area contributed by atoms with E-state index in [1.807, 2.05) is 0 Å². The number of furan rings is 1. The lowest BCUT2D eigenvalue weighted by atomic mass is 10.3. The molecule has 0 fully saturated rings. The number of hydrogen-bond donors (Lipinski definition) is 2. The lowest BCUT2D eigenvalue weighted by molar-refractivity contribution is -0.142. The second kappa shape index (κ2) is 7.75. The van der Waals surface area contributed by atoms with Gasteiger partial charge in [0.15, 0.2) is 0 Å². The Morgan fingerprint density at radius 2 is 1.88 bits per heavy atom. The number of benzene rings is 1. The highest BCUT2D eigenvalue weighted by Crippen LogP contribution is 2.15. The molecule has 24 heavy (non-hydrogen) atoms. The van der Waals surface area contributed by atoms with Gasteiger partial charge >= 0.3 is 5.97 Å². The molecule has 1 heterocycles. The number of carbonyl (C=O) groups excluding carboxylic acids is 2. The Balaban J connectivity index is 1.97. The SMILES string of the molecule is COC(=O)CC(=O)Nc1ccc(S(=O)(=O)NCc2ccco2)cc1. The molecule has 2 rings (SSSR count). The van der Waals surface area contributed by atoms with E-state index in [0.29, 0.717) is 11.4 Å². The number of esters is 1. The first-order chi connectivity index (χ1) is 11.4. The van der Waals surface area contributed by atoms with Gasteiger partial charge in [0.05, 0.1) is 24.8 Å². The first-order valence-corrected chi connectivity index (χ1v) is 8.38. The van der Waals surface area contributed by atoms with Crippen LogP contribution >= 0.6 is 0 Å². The Hall–Kier alpha value is -2.65. The summed E-state index contributed by atoms with van der Waals surface area (Å²) in [5.41, 5.74) is 0.369. The van der Waals surface area contributed by atoms with Gasteiger partial charge in [0, 0.05) is 5.69 Å². The maximum atomic E-state index is 12.1. The van der Waals surface area contributed by atoms with E-state index in [4.69, 9.17) is 4.42 Å². The van der Waals surface area contributed by atoms with E-state index in [9.17, 15) is 18.0 Å². The van der Waals surface area contributed by atoms with Crippen molar-refractivity contribution in [2.75, 3.05) is 12.4 Å². The summed E-state index contributed by atoms with van der Waals surface area (Å²) in [6, 6.07) is 8.86. The molecule has 0 saturated carbocycles. The van der Waals surface area contributed by atoms with Gasteiger partial charge in [0.2, 0.25) is 15.9 Å². The molecule has 1 aromatic carbocycles. The minimum Gasteiger partial charge on any atom is -0.469 e. The maximum absolute atomic E-state index is 12.1. The molecular weight excluding hydrogens is 336 g/mol. The molecule has 0 aliphatic heterocycles. The van der Waals surface area contributed by atoms with Gasteiger partial charge in [-0.3, -0.25) is 9.59 Å². The van der Waals surface area contributed by atoms with Crippen molar-refractivity contribution in [2.45, 2.75) is 17.9 Å². The number of rotatable bonds is 7. The molecule has 0 aliphatic carbocycles. The van der Waals surface area contributed by atoms with Crippen LogP contribution in [0.4, 0.5) is 5.69 Å². The largest absolute Gasteiger partial charge is 0.469 e. The third kappa shape index (κ3) is 4.93. The number of ether oxygens (including phenoxy) is 1. The van der Waals surface area contributed by atoms with Crippen LogP contribution in [0, 0.1) is 0 Å². The van der Waals surface area contributed by atoms with E-state index in [2.05, 4.69) is 14.8 Å². The zero-order chi connectivity index (χ0) is 17.6. The fourth-order valence-corrected chi connectivity index (χ4v) is 2.78. The average molecular weight is 352 g/mol. The summed E-state index contributed by atoms with van der Waals surface area (Å²) >= 11 is 0. The van der Waals surface area contributed by atoms with Crippen LogP contribution in [0.5, 0.6) is 0 Å². The number of amides is 1. The highest BCUT2D eigenvalue weighted by Gasteiger charge is 2.15. The van der Waals surface area contributed by atoms with E-state index in [1.54, 1.807) is 12.1 Å². The Labute approximate surface area is 138 Å². The van der Waals surface area contributed by atoms with Crippen molar-refractivity contribution in [3.05, 3.63) is 48.4 Å². The third-order valence-electron chi connectivity index (χ3n) is 3.00. The van der Waals surface area contributed by atoms with E-state index < -0.39 is 28.3 Å². The molecule has 1 amide bonds. The molecule has 2 aromatic rings. The normalized spacial score (nSPS) is 11.0. The molecule has 0 aliphatic rings. The topological polar surface area (TPSA) is 115 Å². The van der Waals surface area contributed by atoms with Crippen molar-refractivity contribution in [1.82, 2.24) is 4.72 Å². The molecule has 1 aromatic heterocycles. The molecule has 8 nitrogen and oxygen atoms in total. The molecule has 9 heteroatoms. The summed E-state index contributed by atoms with van der Waals surface area (Å²) in [7, 11) is -2.52. The monoisotopic (exact) mass is 352 g/mol. The van der Waals surface area contributed by atoms with E-state index in [0.717, 1.165) is 0 Å². The van der Waals surface area contributed by atoms with Crippen molar-refractivity contribution in [3.63, 3.8) is 0 Å². The van der Waals surface area contributed by atoms with Crippen LogP contribution < -0.4 is 10.0 Å². The second-order valence-corrected chi connectivity index (χ2v) is 6.50. The smallest absolute Gasteiger partial charge is 0.315 e. The van der Waals surface area contributed by atoms with Gasteiger partial charge in [0.1, 0.15) is 12.2 Å². The van der Waals surface area contributed by atoms with Crippen molar-refractivity contribution in [1.29, 1.82) is 0 Å². The van der Waals surface area contributed by atoms with Crippen LogP contribution in [0.25, 0.3) is 0 Å². The van der Waals surface area contributed by atoms with Gasteiger partial charge in [0.25, 0.3) is 0 Å². The molecule has 0 saturated heterocycles. The fraction of sp³-hybridized carbons (Fsp3) is 0.200. The van der Waals surface area contributed by atoms with Gasteiger partial charge in [-0.25, -0.2) is 13.1 Å². The molecule has 0 bridgehead atoms. The predicted octanol–water partition coefficient (Wildman–Crippen LogP) is 1.26. The minimum atomic E-state index is -3.70. The van der Waals surface area contributed by atoms with Gasteiger partial charge in [-0.05, 0) is 36.4 Å². The standard InChI is InChI=1S/C15H16N2O6S/c1-22-15(19)9-14(18)17-11-4-6-13(7-5-11)24(20,21)16-10-12-3-2-8-23-12/h2-8,16H,9-10H2,1H3,(H,17,18). The lowest BCUT2D eigenvalue weighted by Crippen LogP contribution is -2.23. The van der Waals surface area contributed by atoms with Crippen molar-refractivity contribution in [2.24, 2.45) is 0 Å². The Morgan fingerprint density at radius 1 is 1.17 bits per heavy atom. The summed E-state index contributed by atoms with van der Waals surface area (Å²) in [5, 5.41) is 2.47. The first-order valence-electron chi connectivity index (χ1n) is 6.89. The van der Waals surface area contributed by atoms with Gasteiger partial charge in [-0.15, -0.1) is 0 Å². The van der Waals surface area contributed by atoms with Gasteiger partial charge in [-0.2, -0.15) is 0 Å². The number of anilines is 1. The van der Waals surface area contributed by atoms with Crippen LogP contribution in [0.3, 0.4) is 0 Å². The van der Waals surface area contributed by atoms with E-state index in [-0.39, 0.29) is 11.4 Å². The summed E-state index contributed by atoms with van der Waals surface area (Å²) in [6.07, 6.45) is 1.04. The van der Waals surface area contributed by atoms with Crippen molar-refractivity contribution >= 4 is 27.6 Å². The fourth-order valence-electron chi connectivity index (χ4n) is 1.79. The highest BCUT2D eigenvalue weighted by atomic mass is 32.2. The molecule has 0 atom stereocenters. The Morgan fingerprint density at radius 3 is 2.46 bits per heavy atom. The van der Waals surface area contributed by atoms with Crippen LogP contribution in [-0.2, 0) is 30.9 Å². The molecule has 0 spiro atoms. The quantitative estimate of drug-likeness (QED) is 0.573. The van der Waals surface area contributed by atoms with E-state index in [1.165, 1.54) is 37.6 Å². The second-order valence-electron chi connectivity index (χ2n) is 4.73. The number of hydrogen-bond acceptors (Lipinski definition) is 6. The zero-order valence-electron chi connectivity index (χ0n) is 12.8. The molecule has 128 valence electrons. The third-order valence-corrected chi connectivity index (χ3v) is 4.41. The molecule has 0 unspecified atom stereocenters. The summed E-state index contributed by atoms with van der Waals surface area (Å²) in [6.45, 7) is 0.0347. The Bertz CT molecular complexity index is 797. The first kappa shape index (κ1) is 17.7. The number of methoxy groups -OCH3 is 1. The molecule has 2 N–H and O–H groups in total. The Kier molecular flexibility index (Phi) is 5.72. The van der Waals surface area contributed by atoms with Gasteiger partial charge in [-0.1, -0.05) is 0 Å². The number of nitrogens with one attached hydrogen (secondary N) is 2. The van der Waals surface area contributed by atoms with Gasteiger partial charge < -0.3 is 14.5 Å². The highest BCUT2D eigenvalue weighted by molar-refractivity contribution is 7.89. The maximum Gasteiger partial charge on any atom is 0.315 e. The zero-order valence-corrected chi connectivity index (χ0v) is 13.6. The predicted molar refractivity (Wildman–Crippen MR) is 84.4 cm³/mol. The van der Waals surface area contributed by atoms with Crippen molar-refractivity contribution in [3.8, 4) is 0 Å². The molecular formula is C15H16N2O6S.